The van der Waals surface area contributed by atoms with Crippen LogP contribution in [0.5, 0.6) is 11.5 Å². The van der Waals surface area contributed by atoms with E-state index in [4.69, 9.17) is 9.47 Å². The van der Waals surface area contributed by atoms with E-state index in [1.807, 2.05) is 0 Å². The zero-order valence-corrected chi connectivity index (χ0v) is 11.6. The summed E-state index contributed by atoms with van der Waals surface area (Å²) in [6.07, 6.45) is -0.881. The molecule has 0 bridgehead atoms. The van der Waals surface area contributed by atoms with Gasteiger partial charge in [-0.05, 0) is 12.1 Å². The molecule has 1 fully saturated rings. The van der Waals surface area contributed by atoms with Gasteiger partial charge in [0.15, 0.2) is 6.61 Å². The normalized spacial score (nSPS) is 20.2. The minimum atomic E-state index is -3.21. The molecule has 1 amide bonds. The molecule has 1 aliphatic heterocycles. The largest absolute Gasteiger partial charge is 0.497 e. The van der Waals surface area contributed by atoms with E-state index >= 15 is 0 Å². The molecule has 1 aromatic rings. The van der Waals surface area contributed by atoms with Gasteiger partial charge in [-0.3, -0.25) is 0 Å². The molecule has 0 radical (unpaired) electrons. The fourth-order valence-corrected chi connectivity index (χ4v) is 1.87. The number of amides is 1. The Morgan fingerprint density at radius 1 is 1.35 bits per heavy atom. The number of methoxy groups -OCH3 is 2. The van der Waals surface area contributed by atoms with Crippen LogP contribution in [0.1, 0.15) is 11.6 Å². The third kappa shape index (κ3) is 3.04. The lowest BCUT2D eigenvalue weighted by Gasteiger charge is -2.32. The third-order valence-electron chi connectivity index (χ3n) is 2.83. The molecule has 1 heterocycles. The Kier molecular flexibility index (Phi) is 4.99. The molecule has 1 aromatic carbocycles. The number of benzene rings is 1. The quantitative estimate of drug-likeness (QED) is 0.932. The molecular weight excluding hydrogens is 296 g/mol. The molecule has 1 aliphatic rings. The Labute approximate surface area is 120 Å². The molecule has 8 heteroatoms. The molecule has 0 aliphatic carbocycles. The van der Waals surface area contributed by atoms with Crippen molar-refractivity contribution in [2.45, 2.75) is 12.0 Å². The number of hydrogen-bond donors (Lipinski definition) is 1. The lowest BCUT2D eigenvalue weighted by atomic mass is 9.99. The van der Waals surface area contributed by atoms with E-state index in [1.54, 1.807) is 0 Å². The summed E-state index contributed by atoms with van der Waals surface area (Å²) in [7, 11) is 2.82. The van der Waals surface area contributed by atoms with Crippen LogP contribution in [0.4, 0.5) is 13.6 Å². The maximum Gasteiger partial charge on any atom is 0.408 e. The van der Waals surface area contributed by atoms with Gasteiger partial charge >= 0.3 is 12.0 Å². The average molecular weight is 310 g/mol. The number of halogens is 3. The molecule has 0 spiro atoms. The fourth-order valence-electron chi connectivity index (χ4n) is 1.87. The number of hydrogen-bond acceptors (Lipinski definition) is 4. The number of nitrogens with one attached hydrogen (secondary N) is 1. The van der Waals surface area contributed by atoms with Crippen LogP contribution in [-0.2, 0) is 4.74 Å². The predicted octanol–water partition coefficient (Wildman–Crippen LogP) is 2.54. The van der Waals surface area contributed by atoms with Gasteiger partial charge < -0.3 is 19.5 Å². The summed E-state index contributed by atoms with van der Waals surface area (Å²) in [5, 5.41) is 2.10. The Morgan fingerprint density at radius 2 is 2.05 bits per heavy atom. The minimum Gasteiger partial charge on any atom is -0.497 e. The van der Waals surface area contributed by atoms with E-state index in [9.17, 15) is 13.6 Å². The summed E-state index contributed by atoms with van der Waals surface area (Å²) >= 11 is 0. The first-order valence-electron chi connectivity index (χ1n) is 5.51. The standard InChI is InChI=1S/C12H13F2NO4.ClH/c1-17-7-3-4-8(9(5-7)18-2)10-12(13,14)6-19-11(16)15-10;/h3-5,10H,6H2,1-2H3,(H,15,16);1H/t10-;/m0./s1. The molecule has 5 nitrogen and oxygen atoms in total. The molecule has 1 saturated heterocycles. The van der Waals surface area contributed by atoms with E-state index in [0.29, 0.717) is 5.75 Å². The van der Waals surface area contributed by atoms with Crippen molar-refractivity contribution in [1.29, 1.82) is 0 Å². The number of ether oxygens (including phenoxy) is 3. The van der Waals surface area contributed by atoms with E-state index in [1.165, 1.54) is 32.4 Å². The summed E-state index contributed by atoms with van der Waals surface area (Å²) in [6, 6.07) is 2.94. The van der Waals surface area contributed by atoms with Gasteiger partial charge in [0.1, 0.15) is 17.5 Å². The third-order valence-corrected chi connectivity index (χ3v) is 2.83. The number of alkyl halides is 2. The van der Waals surface area contributed by atoms with E-state index in [2.05, 4.69) is 10.1 Å². The zero-order chi connectivity index (χ0) is 14.0. The van der Waals surface area contributed by atoms with Gasteiger partial charge in [-0.1, -0.05) is 0 Å². The second kappa shape index (κ2) is 6.13. The highest BCUT2D eigenvalue weighted by molar-refractivity contribution is 5.85. The van der Waals surface area contributed by atoms with Gasteiger partial charge in [-0.2, -0.15) is 0 Å². The highest BCUT2D eigenvalue weighted by atomic mass is 35.5. The first-order valence-corrected chi connectivity index (χ1v) is 5.51. The Balaban J connectivity index is 0.00000200. The monoisotopic (exact) mass is 309 g/mol. The predicted molar refractivity (Wildman–Crippen MR) is 69.0 cm³/mol. The van der Waals surface area contributed by atoms with Crippen molar-refractivity contribution in [3.63, 3.8) is 0 Å². The van der Waals surface area contributed by atoms with E-state index in [-0.39, 0.29) is 23.7 Å². The van der Waals surface area contributed by atoms with Crippen LogP contribution in [0, 0.1) is 0 Å². The smallest absolute Gasteiger partial charge is 0.408 e. The second-order valence-corrected chi connectivity index (χ2v) is 4.02. The first-order chi connectivity index (χ1) is 8.97. The summed E-state index contributed by atoms with van der Waals surface area (Å²) in [4.78, 5) is 11.1. The first kappa shape index (κ1) is 16.3. The molecule has 2 rings (SSSR count). The summed E-state index contributed by atoms with van der Waals surface area (Å²) in [6.45, 7) is -0.960. The van der Waals surface area contributed by atoms with Crippen molar-refractivity contribution in [2.24, 2.45) is 0 Å². The van der Waals surface area contributed by atoms with Crippen molar-refractivity contribution in [2.75, 3.05) is 20.8 Å². The lowest BCUT2D eigenvalue weighted by Crippen LogP contribution is -2.49. The van der Waals surface area contributed by atoms with Crippen molar-refractivity contribution in [3.8, 4) is 11.5 Å². The number of cyclic esters (lactones) is 1. The Bertz CT molecular complexity index is 498. The van der Waals surface area contributed by atoms with Crippen molar-refractivity contribution in [1.82, 2.24) is 5.32 Å². The summed E-state index contributed by atoms with van der Waals surface area (Å²) in [5.74, 6) is -2.52. The number of alkyl carbamates (subject to hydrolysis) is 1. The molecule has 0 saturated carbocycles. The van der Waals surface area contributed by atoms with Gasteiger partial charge in [-0.25, -0.2) is 13.6 Å². The average Bonchev–Trinajstić information content (AvgIpc) is 2.41. The van der Waals surface area contributed by atoms with Crippen molar-refractivity contribution >= 4 is 18.5 Å². The Morgan fingerprint density at radius 3 is 2.65 bits per heavy atom. The van der Waals surface area contributed by atoms with Crippen LogP contribution in [0.25, 0.3) is 0 Å². The summed E-state index contributed by atoms with van der Waals surface area (Å²) in [5.41, 5.74) is 0.171. The second-order valence-electron chi connectivity index (χ2n) is 4.02. The van der Waals surface area contributed by atoms with Gasteiger partial charge in [0, 0.05) is 11.6 Å². The number of carbonyl (C=O) groups excluding carboxylic acids is 1. The Hall–Kier alpha value is -1.76. The molecule has 20 heavy (non-hydrogen) atoms. The van der Waals surface area contributed by atoms with E-state index < -0.39 is 24.7 Å². The fraction of sp³-hybridized carbons (Fsp3) is 0.417. The van der Waals surface area contributed by atoms with Gasteiger partial charge in [0.2, 0.25) is 0 Å². The molecule has 1 N–H and O–H groups in total. The van der Waals surface area contributed by atoms with Crippen LogP contribution in [-0.4, -0.2) is 32.8 Å². The maximum absolute atomic E-state index is 13.8. The number of rotatable bonds is 3. The molecule has 1 atom stereocenters. The molecular formula is C12H14ClF2NO4. The van der Waals surface area contributed by atoms with E-state index in [0.717, 1.165) is 0 Å². The minimum absolute atomic E-state index is 0. The van der Waals surface area contributed by atoms with Gasteiger partial charge in [0.05, 0.1) is 14.2 Å². The topological polar surface area (TPSA) is 56.8 Å². The van der Waals surface area contributed by atoms with Gasteiger partial charge in [0.25, 0.3) is 0 Å². The van der Waals surface area contributed by atoms with Crippen molar-refractivity contribution in [3.05, 3.63) is 23.8 Å². The van der Waals surface area contributed by atoms with Crippen LogP contribution in [0.15, 0.2) is 18.2 Å². The van der Waals surface area contributed by atoms with Gasteiger partial charge in [-0.15, -0.1) is 12.4 Å². The van der Waals surface area contributed by atoms with Crippen molar-refractivity contribution < 1.29 is 27.8 Å². The highest BCUT2D eigenvalue weighted by Gasteiger charge is 2.47. The SMILES string of the molecule is COc1ccc([C@@H]2NC(=O)OCC2(F)F)c(OC)c1.Cl. The zero-order valence-electron chi connectivity index (χ0n) is 10.8. The van der Waals surface area contributed by atoms with Crippen LogP contribution >= 0.6 is 12.4 Å². The molecule has 112 valence electrons. The highest BCUT2D eigenvalue weighted by Crippen LogP contribution is 2.39. The number of carbonyl (C=O) groups is 1. The van der Waals surface area contributed by atoms with Crippen LogP contribution in [0.3, 0.4) is 0 Å². The molecule has 0 unspecified atom stereocenters. The van der Waals surface area contributed by atoms with Crippen LogP contribution in [0.2, 0.25) is 0 Å². The summed E-state index contributed by atoms with van der Waals surface area (Å²) < 4.78 is 42.0. The lowest BCUT2D eigenvalue weighted by molar-refractivity contribution is -0.104. The van der Waals surface area contributed by atoms with Crippen LogP contribution < -0.4 is 14.8 Å². The maximum atomic E-state index is 13.8. The molecule has 0 aromatic heterocycles.